The SMILES string of the molecule is O=C(/C=C/c1ccco1)NCc1ccc(C(=O)c2cccs2)s1. The quantitative estimate of drug-likeness (QED) is 0.544. The molecule has 3 aromatic rings. The number of hydrogen-bond acceptors (Lipinski definition) is 5. The number of carbonyl (C=O) groups excluding carboxylic acids is 2. The van der Waals surface area contributed by atoms with Crippen molar-refractivity contribution >= 4 is 40.4 Å². The minimum Gasteiger partial charge on any atom is -0.465 e. The van der Waals surface area contributed by atoms with Gasteiger partial charge in [-0.05, 0) is 41.8 Å². The Kier molecular flexibility index (Phi) is 4.85. The summed E-state index contributed by atoms with van der Waals surface area (Å²) in [4.78, 5) is 26.3. The van der Waals surface area contributed by atoms with Crippen LogP contribution in [0.3, 0.4) is 0 Å². The molecule has 0 aliphatic rings. The monoisotopic (exact) mass is 343 g/mol. The molecular formula is C17H13NO3S2. The molecular weight excluding hydrogens is 330 g/mol. The van der Waals surface area contributed by atoms with Gasteiger partial charge in [0.05, 0.1) is 22.6 Å². The molecule has 3 rings (SSSR count). The van der Waals surface area contributed by atoms with Crippen molar-refractivity contribution in [2.24, 2.45) is 0 Å². The first-order valence-corrected chi connectivity index (χ1v) is 8.58. The lowest BCUT2D eigenvalue weighted by Crippen LogP contribution is -2.19. The zero-order chi connectivity index (χ0) is 16.1. The van der Waals surface area contributed by atoms with Gasteiger partial charge in [-0.2, -0.15) is 0 Å². The van der Waals surface area contributed by atoms with Gasteiger partial charge in [0.2, 0.25) is 11.7 Å². The maximum Gasteiger partial charge on any atom is 0.244 e. The van der Waals surface area contributed by atoms with Gasteiger partial charge in [0.25, 0.3) is 0 Å². The molecule has 0 spiro atoms. The topological polar surface area (TPSA) is 59.3 Å². The highest BCUT2D eigenvalue weighted by atomic mass is 32.1. The Morgan fingerprint density at radius 1 is 1.13 bits per heavy atom. The summed E-state index contributed by atoms with van der Waals surface area (Å²) in [5, 5.41) is 4.66. The zero-order valence-corrected chi connectivity index (χ0v) is 13.7. The van der Waals surface area contributed by atoms with Crippen LogP contribution in [-0.2, 0) is 11.3 Å². The van der Waals surface area contributed by atoms with E-state index in [2.05, 4.69) is 5.32 Å². The van der Waals surface area contributed by atoms with Gasteiger partial charge < -0.3 is 9.73 Å². The second-order valence-corrected chi connectivity index (χ2v) is 6.75. The maximum atomic E-state index is 12.2. The van der Waals surface area contributed by atoms with Gasteiger partial charge in [-0.15, -0.1) is 22.7 Å². The fourth-order valence-corrected chi connectivity index (χ4v) is 3.55. The van der Waals surface area contributed by atoms with Crippen LogP contribution in [0.15, 0.2) is 58.5 Å². The van der Waals surface area contributed by atoms with Gasteiger partial charge in [0, 0.05) is 11.0 Å². The standard InChI is InChI=1S/C17H13NO3S2/c19-16(8-5-12-3-1-9-21-12)18-11-13-6-7-15(23-13)17(20)14-4-2-10-22-14/h1-10H,11H2,(H,18,19)/b8-5+. The normalized spacial score (nSPS) is 11.0. The predicted octanol–water partition coefficient (Wildman–Crippen LogP) is 3.96. The van der Waals surface area contributed by atoms with Crippen molar-refractivity contribution in [1.29, 1.82) is 0 Å². The first-order chi connectivity index (χ1) is 11.2. The van der Waals surface area contributed by atoms with Crippen molar-refractivity contribution < 1.29 is 14.0 Å². The average Bonchev–Trinajstić information content (AvgIpc) is 3.33. The van der Waals surface area contributed by atoms with E-state index in [1.807, 2.05) is 23.6 Å². The molecule has 4 nitrogen and oxygen atoms in total. The van der Waals surface area contributed by atoms with E-state index in [0.717, 1.165) is 9.75 Å². The van der Waals surface area contributed by atoms with Crippen LogP contribution in [0.2, 0.25) is 0 Å². The van der Waals surface area contributed by atoms with E-state index in [9.17, 15) is 9.59 Å². The van der Waals surface area contributed by atoms with E-state index < -0.39 is 0 Å². The van der Waals surface area contributed by atoms with E-state index in [-0.39, 0.29) is 11.7 Å². The Bertz CT molecular complexity index is 814. The molecule has 0 aliphatic heterocycles. The summed E-state index contributed by atoms with van der Waals surface area (Å²) in [5.74, 6) is 0.446. The summed E-state index contributed by atoms with van der Waals surface area (Å²) < 4.78 is 5.11. The van der Waals surface area contributed by atoms with Crippen LogP contribution in [0, 0.1) is 0 Å². The lowest BCUT2D eigenvalue weighted by Gasteiger charge is -1.98. The smallest absolute Gasteiger partial charge is 0.244 e. The van der Waals surface area contributed by atoms with Crippen LogP contribution >= 0.6 is 22.7 Å². The summed E-state index contributed by atoms with van der Waals surface area (Å²) in [7, 11) is 0. The minimum atomic E-state index is -0.207. The van der Waals surface area contributed by atoms with Crippen LogP contribution in [0.4, 0.5) is 0 Å². The molecule has 0 saturated heterocycles. The van der Waals surface area contributed by atoms with Gasteiger partial charge in [0.15, 0.2) is 0 Å². The van der Waals surface area contributed by atoms with Crippen LogP contribution in [0.5, 0.6) is 0 Å². The molecule has 0 bridgehead atoms. The Labute approximate surface area is 141 Å². The molecule has 0 unspecified atom stereocenters. The summed E-state index contributed by atoms with van der Waals surface area (Å²) in [6, 6.07) is 10.9. The Balaban J connectivity index is 1.55. The molecule has 1 N–H and O–H groups in total. The molecule has 0 aromatic carbocycles. The Morgan fingerprint density at radius 2 is 2.04 bits per heavy atom. The van der Waals surface area contributed by atoms with E-state index in [1.54, 1.807) is 30.5 Å². The predicted molar refractivity (Wildman–Crippen MR) is 91.7 cm³/mol. The van der Waals surface area contributed by atoms with Crippen LogP contribution in [-0.4, -0.2) is 11.7 Å². The maximum absolute atomic E-state index is 12.2. The van der Waals surface area contributed by atoms with Crippen LogP contribution < -0.4 is 5.32 Å². The van der Waals surface area contributed by atoms with E-state index >= 15 is 0 Å². The van der Waals surface area contributed by atoms with Crippen molar-refractivity contribution in [1.82, 2.24) is 5.32 Å². The number of rotatable bonds is 6. The van der Waals surface area contributed by atoms with Gasteiger partial charge in [0.1, 0.15) is 5.76 Å². The molecule has 0 aliphatic carbocycles. The molecule has 23 heavy (non-hydrogen) atoms. The summed E-state index contributed by atoms with van der Waals surface area (Å²) in [6.07, 6.45) is 4.58. The number of furan rings is 1. The summed E-state index contributed by atoms with van der Waals surface area (Å²) in [5.41, 5.74) is 0. The first kappa shape index (κ1) is 15.5. The lowest BCUT2D eigenvalue weighted by atomic mass is 10.3. The third kappa shape index (κ3) is 4.06. The van der Waals surface area contributed by atoms with E-state index in [1.165, 1.54) is 28.7 Å². The summed E-state index contributed by atoms with van der Waals surface area (Å²) >= 11 is 2.82. The highest BCUT2D eigenvalue weighted by Crippen LogP contribution is 2.22. The fourth-order valence-electron chi connectivity index (χ4n) is 1.90. The molecule has 3 heterocycles. The van der Waals surface area contributed by atoms with Gasteiger partial charge in [-0.25, -0.2) is 0 Å². The van der Waals surface area contributed by atoms with E-state index in [0.29, 0.717) is 17.2 Å². The van der Waals surface area contributed by atoms with Crippen molar-refractivity contribution in [3.63, 3.8) is 0 Å². The Hall–Kier alpha value is -2.44. The van der Waals surface area contributed by atoms with Crippen molar-refractivity contribution in [3.05, 3.63) is 74.5 Å². The molecule has 116 valence electrons. The molecule has 0 radical (unpaired) electrons. The van der Waals surface area contributed by atoms with Gasteiger partial charge >= 0.3 is 0 Å². The highest BCUT2D eigenvalue weighted by molar-refractivity contribution is 7.16. The minimum absolute atomic E-state index is 0.0280. The second-order valence-electron chi connectivity index (χ2n) is 4.64. The largest absolute Gasteiger partial charge is 0.465 e. The van der Waals surface area contributed by atoms with E-state index in [4.69, 9.17) is 4.42 Å². The third-order valence-corrected chi connectivity index (χ3v) is 4.96. The van der Waals surface area contributed by atoms with Crippen LogP contribution in [0.25, 0.3) is 6.08 Å². The fraction of sp³-hybridized carbons (Fsp3) is 0.0588. The first-order valence-electron chi connectivity index (χ1n) is 6.89. The Morgan fingerprint density at radius 3 is 2.78 bits per heavy atom. The molecule has 6 heteroatoms. The number of ketones is 1. The molecule has 0 atom stereocenters. The van der Waals surface area contributed by atoms with Gasteiger partial charge in [-0.3, -0.25) is 9.59 Å². The average molecular weight is 343 g/mol. The van der Waals surface area contributed by atoms with Crippen molar-refractivity contribution in [3.8, 4) is 0 Å². The number of thiophene rings is 2. The third-order valence-electron chi connectivity index (χ3n) is 3.01. The second kappa shape index (κ2) is 7.21. The molecule has 0 saturated carbocycles. The highest BCUT2D eigenvalue weighted by Gasteiger charge is 2.12. The lowest BCUT2D eigenvalue weighted by molar-refractivity contribution is -0.116. The number of carbonyl (C=O) groups is 2. The summed E-state index contributed by atoms with van der Waals surface area (Å²) in [6.45, 7) is 0.393. The number of amides is 1. The van der Waals surface area contributed by atoms with Crippen molar-refractivity contribution in [2.45, 2.75) is 6.54 Å². The molecule has 3 aromatic heterocycles. The molecule has 0 fully saturated rings. The van der Waals surface area contributed by atoms with Gasteiger partial charge in [-0.1, -0.05) is 6.07 Å². The number of hydrogen-bond donors (Lipinski definition) is 1. The number of nitrogens with one attached hydrogen (secondary N) is 1. The molecule has 1 amide bonds. The van der Waals surface area contributed by atoms with Crippen LogP contribution in [0.1, 0.15) is 25.2 Å². The van der Waals surface area contributed by atoms with Crippen molar-refractivity contribution in [2.75, 3.05) is 0 Å². The zero-order valence-electron chi connectivity index (χ0n) is 12.0.